The topological polar surface area (TPSA) is 52.6 Å². The fourth-order valence-electron chi connectivity index (χ4n) is 3.34. The van der Waals surface area contributed by atoms with Crippen LogP contribution in [0.2, 0.25) is 0 Å². The molecule has 3 aliphatic heterocycles. The van der Waals surface area contributed by atoms with Crippen molar-refractivity contribution in [2.24, 2.45) is 11.8 Å². The minimum atomic E-state index is -0.742. The summed E-state index contributed by atoms with van der Waals surface area (Å²) in [6.45, 7) is 1.52. The predicted molar refractivity (Wildman–Crippen MR) is 46.5 cm³/mol. The molecule has 13 heavy (non-hydrogen) atoms. The smallest absolute Gasteiger partial charge is 0.407 e. The van der Waals surface area contributed by atoms with Crippen molar-refractivity contribution in [3.8, 4) is 0 Å². The lowest BCUT2D eigenvalue weighted by Crippen LogP contribution is -2.33. The maximum Gasteiger partial charge on any atom is 0.407 e. The van der Waals surface area contributed by atoms with Gasteiger partial charge in [0, 0.05) is 25.2 Å². The molecule has 4 atom stereocenters. The van der Waals surface area contributed by atoms with Crippen molar-refractivity contribution in [1.82, 2.24) is 10.2 Å². The second kappa shape index (κ2) is 2.38. The Morgan fingerprint density at radius 1 is 1.23 bits per heavy atom. The van der Waals surface area contributed by atoms with Gasteiger partial charge in [-0.25, -0.2) is 4.79 Å². The number of carbonyl (C=O) groups is 1. The maximum absolute atomic E-state index is 10.8. The summed E-state index contributed by atoms with van der Waals surface area (Å²) in [5.74, 6) is 1.21. The molecule has 3 fully saturated rings. The van der Waals surface area contributed by atoms with Crippen LogP contribution in [0, 0.1) is 11.8 Å². The Morgan fingerprint density at radius 2 is 1.77 bits per heavy atom. The molecule has 0 radical (unpaired) electrons. The third kappa shape index (κ3) is 0.921. The van der Waals surface area contributed by atoms with Gasteiger partial charge in [-0.15, -0.1) is 0 Å². The Hall–Kier alpha value is -0.770. The second-order valence-corrected chi connectivity index (χ2v) is 4.47. The molecule has 0 saturated carbocycles. The summed E-state index contributed by atoms with van der Waals surface area (Å²) < 4.78 is 0. The Bertz CT molecular complexity index is 238. The van der Waals surface area contributed by atoms with Gasteiger partial charge in [0.1, 0.15) is 0 Å². The fraction of sp³-hybridized carbons (Fsp3) is 0.889. The molecule has 0 aromatic rings. The van der Waals surface area contributed by atoms with E-state index in [0.717, 1.165) is 13.1 Å². The average molecular weight is 182 g/mol. The molecule has 0 aliphatic carbocycles. The van der Waals surface area contributed by atoms with Crippen LogP contribution in [-0.2, 0) is 0 Å². The number of carboxylic acid groups (broad SMARTS) is 1. The molecule has 4 heteroatoms. The van der Waals surface area contributed by atoms with E-state index in [1.165, 1.54) is 12.8 Å². The van der Waals surface area contributed by atoms with Gasteiger partial charge in [0.15, 0.2) is 0 Å². The Balaban J connectivity index is 1.79. The Morgan fingerprint density at radius 3 is 2.23 bits per heavy atom. The molecule has 3 aliphatic rings. The summed E-state index contributed by atoms with van der Waals surface area (Å²) in [7, 11) is 0. The first-order valence-electron chi connectivity index (χ1n) is 4.99. The lowest BCUT2D eigenvalue weighted by Gasteiger charge is -2.19. The zero-order valence-corrected chi connectivity index (χ0v) is 7.44. The number of rotatable bonds is 0. The van der Waals surface area contributed by atoms with E-state index in [9.17, 15) is 4.79 Å². The summed E-state index contributed by atoms with van der Waals surface area (Å²) in [5, 5.41) is 12.4. The average Bonchev–Trinajstić information content (AvgIpc) is 2.76. The van der Waals surface area contributed by atoms with Crippen molar-refractivity contribution in [2.45, 2.75) is 24.9 Å². The first-order valence-corrected chi connectivity index (χ1v) is 4.99. The molecule has 4 unspecified atom stereocenters. The monoisotopic (exact) mass is 182 g/mol. The molecule has 3 heterocycles. The zero-order valence-electron chi connectivity index (χ0n) is 7.44. The number of fused-ring (bicyclic) bond motifs is 5. The van der Waals surface area contributed by atoms with Gasteiger partial charge < -0.3 is 15.3 Å². The number of hydrogen-bond acceptors (Lipinski definition) is 2. The summed E-state index contributed by atoms with van der Waals surface area (Å²) >= 11 is 0. The van der Waals surface area contributed by atoms with Crippen molar-refractivity contribution in [3.63, 3.8) is 0 Å². The van der Waals surface area contributed by atoms with Crippen molar-refractivity contribution < 1.29 is 9.90 Å². The minimum Gasteiger partial charge on any atom is -0.465 e. The largest absolute Gasteiger partial charge is 0.465 e. The van der Waals surface area contributed by atoms with Gasteiger partial charge in [-0.2, -0.15) is 0 Å². The van der Waals surface area contributed by atoms with Crippen LogP contribution in [0.3, 0.4) is 0 Å². The summed E-state index contributed by atoms with van der Waals surface area (Å²) in [4.78, 5) is 12.4. The molecule has 72 valence electrons. The molecule has 2 bridgehead atoms. The zero-order chi connectivity index (χ0) is 9.00. The molecular weight excluding hydrogens is 168 g/mol. The van der Waals surface area contributed by atoms with E-state index in [1.54, 1.807) is 4.90 Å². The standard InChI is InChI=1S/C9H14N2O2/c12-9(13)11-3-5-6(4-11)8-2-1-7(5)10-8/h5-8,10H,1-4H2,(H,12,13). The van der Waals surface area contributed by atoms with Gasteiger partial charge in [0.2, 0.25) is 0 Å². The van der Waals surface area contributed by atoms with E-state index in [-0.39, 0.29) is 0 Å². The van der Waals surface area contributed by atoms with Gasteiger partial charge in [-0.3, -0.25) is 0 Å². The third-order valence-corrected chi connectivity index (χ3v) is 3.93. The summed E-state index contributed by atoms with van der Waals surface area (Å²) in [6.07, 6.45) is 1.76. The molecule has 0 spiro atoms. The van der Waals surface area contributed by atoms with E-state index < -0.39 is 6.09 Å². The van der Waals surface area contributed by atoms with Gasteiger partial charge in [0.25, 0.3) is 0 Å². The van der Waals surface area contributed by atoms with E-state index >= 15 is 0 Å². The molecule has 0 aromatic heterocycles. The van der Waals surface area contributed by atoms with Crippen molar-refractivity contribution in [3.05, 3.63) is 0 Å². The highest BCUT2D eigenvalue weighted by molar-refractivity contribution is 5.65. The van der Waals surface area contributed by atoms with Crippen LogP contribution in [-0.4, -0.2) is 41.3 Å². The maximum atomic E-state index is 10.8. The highest BCUT2D eigenvalue weighted by Gasteiger charge is 2.52. The van der Waals surface area contributed by atoms with Gasteiger partial charge in [0.05, 0.1) is 0 Å². The van der Waals surface area contributed by atoms with Gasteiger partial charge in [-0.05, 0) is 24.7 Å². The van der Waals surface area contributed by atoms with Crippen LogP contribution in [0.5, 0.6) is 0 Å². The van der Waals surface area contributed by atoms with Gasteiger partial charge in [-0.1, -0.05) is 0 Å². The minimum absolute atomic E-state index is 0.606. The lowest BCUT2D eigenvalue weighted by molar-refractivity contribution is 0.151. The molecule has 4 nitrogen and oxygen atoms in total. The van der Waals surface area contributed by atoms with E-state index in [0.29, 0.717) is 23.9 Å². The first-order chi connectivity index (χ1) is 6.25. The number of amides is 1. The third-order valence-electron chi connectivity index (χ3n) is 3.93. The van der Waals surface area contributed by atoms with Crippen LogP contribution in [0.1, 0.15) is 12.8 Å². The first kappa shape index (κ1) is 7.62. The molecule has 3 rings (SSSR count). The van der Waals surface area contributed by atoms with E-state index in [1.807, 2.05) is 0 Å². The quantitative estimate of drug-likeness (QED) is 0.568. The lowest BCUT2D eigenvalue weighted by atomic mass is 9.82. The fourth-order valence-corrected chi connectivity index (χ4v) is 3.34. The van der Waals surface area contributed by atoms with Crippen molar-refractivity contribution >= 4 is 6.09 Å². The Labute approximate surface area is 76.9 Å². The summed E-state index contributed by atoms with van der Waals surface area (Å²) in [6, 6.07) is 1.22. The van der Waals surface area contributed by atoms with Crippen LogP contribution in [0.25, 0.3) is 0 Å². The second-order valence-electron chi connectivity index (χ2n) is 4.47. The predicted octanol–water partition coefficient (Wildman–Crippen LogP) is 0.347. The number of likely N-dealkylation sites (tertiary alicyclic amines) is 1. The SMILES string of the molecule is O=C(O)N1CC2C3CCC(N3)C2C1. The van der Waals surface area contributed by atoms with Crippen molar-refractivity contribution in [1.29, 1.82) is 0 Å². The molecule has 0 aromatic carbocycles. The van der Waals surface area contributed by atoms with Crippen LogP contribution >= 0.6 is 0 Å². The normalized spacial score (nSPS) is 46.9. The molecule has 1 amide bonds. The summed E-state index contributed by atoms with van der Waals surface area (Å²) in [5.41, 5.74) is 0. The molecule has 2 N–H and O–H groups in total. The van der Waals surface area contributed by atoms with Gasteiger partial charge >= 0.3 is 6.09 Å². The number of hydrogen-bond donors (Lipinski definition) is 2. The number of nitrogens with zero attached hydrogens (tertiary/aromatic N) is 1. The van der Waals surface area contributed by atoms with E-state index in [4.69, 9.17) is 5.11 Å². The highest BCUT2D eigenvalue weighted by atomic mass is 16.4. The number of nitrogens with one attached hydrogen (secondary N) is 1. The Kier molecular flexibility index (Phi) is 1.39. The van der Waals surface area contributed by atoms with Crippen LogP contribution < -0.4 is 5.32 Å². The highest BCUT2D eigenvalue weighted by Crippen LogP contribution is 2.42. The van der Waals surface area contributed by atoms with Crippen LogP contribution in [0.4, 0.5) is 4.79 Å². The molecule has 3 saturated heterocycles. The molecular formula is C9H14N2O2. The van der Waals surface area contributed by atoms with E-state index in [2.05, 4.69) is 5.32 Å². The van der Waals surface area contributed by atoms with Crippen LogP contribution in [0.15, 0.2) is 0 Å². The van der Waals surface area contributed by atoms with Crippen molar-refractivity contribution in [2.75, 3.05) is 13.1 Å².